The number of pyridine rings is 2. The van der Waals surface area contributed by atoms with E-state index in [1.54, 1.807) is 17.2 Å². The van der Waals surface area contributed by atoms with Crippen molar-refractivity contribution in [1.82, 2.24) is 19.9 Å². The minimum Gasteiger partial charge on any atom is -0.461 e. The van der Waals surface area contributed by atoms with E-state index in [2.05, 4.69) is 25.2 Å². The molecule has 1 fully saturated rings. The molecule has 0 saturated carbocycles. The monoisotopic (exact) mass is 463 g/mol. The SMILES string of the molecule is Cc1cc(-c2ccc3c(n2)N(C(=O)Nc2ccnc(OCC(O)CO)n2)[C@H]2CCN3C2)ccn1. The Labute approximate surface area is 196 Å². The largest absolute Gasteiger partial charge is 0.461 e. The maximum atomic E-state index is 13.4. The van der Waals surface area contributed by atoms with Crippen molar-refractivity contribution in [3.8, 4) is 17.3 Å². The molecule has 3 N–H and O–H groups in total. The Morgan fingerprint density at radius 1 is 1.24 bits per heavy atom. The number of ether oxygens (including phenoxy) is 1. The van der Waals surface area contributed by atoms with Crippen molar-refractivity contribution in [3.05, 3.63) is 48.4 Å². The van der Waals surface area contributed by atoms with Gasteiger partial charge in [0.25, 0.3) is 0 Å². The third-order valence-corrected chi connectivity index (χ3v) is 5.85. The van der Waals surface area contributed by atoms with E-state index in [1.807, 2.05) is 31.2 Å². The lowest BCUT2D eigenvalue weighted by Gasteiger charge is -2.35. The van der Waals surface area contributed by atoms with Gasteiger partial charge in [0.1, 0.15) is 18.5 Å². The Morgan fingerprint density at radius 3 is 2.91 bits per heavy atom. The summed E-state index contributed by atoms with van der Waals surface area (Å²) in [6.45, 7) is 2.93. The molecule has 0 aliphatic carbocycles. The first-order valence-corrected chi connectivity index (χ1v) is 11.1. The molecule has 5 rings (SSSR count). The highest BCUT2D eigenvalue weighted by atomic mass is 16.5. The van der Waals surface area contributed by atoms with Gasteiger partial charge in [-0.3, -0.25) is 15.2 Å². The second-order valence-electron chi connectivity index (χ2n) is 8.29. The molecule has 11 nitrogen and oxygen atoms in total. The van der Waals surface area contributed by atoms with Crippen LogP contribution in [-0.4, -0.2) is 74.6 Å². The first-order valence-electron chi connectivity index (χ1n) is 11.1. The number of carbonyl (C=O) groups excluding carboxylic acids is 1. The van der Waals surface area contributed by atoms with E-state index in [9.17, 15) is 9.90 Å². The number of urea groups is 1. The smallest absolute Gasteiger partial charge is 0.329 e. The number of hydrogen-bond acceptors (Lipinski definition) is 9. The number of nitrogens with zero attached hydrogens (tertiary/aromatic N) is 6. The number of anilines is 3. The number of rotatable bonds is 6. The minimum atomic E-state index is -1.04. The molecule has 2 aliphatic heterocycles. The maximum Gasteiger partial charge on any atom is 0.329 e. The van der Waals surface area contributed by atoms with Crippen LogP contribution in [0.4, 0.5) is 22.1 Å². The van der Waals surface area contributed by atoms with E-state index >= 15 is 0 Å². The minimum absolute atomic E-state index is 0.00770. The van der Waals surface area contributed by atoms with Gasteiger partial charge in [-0.05, 0) is 43.7 Å². The summed E-state index contributed by atoms with van der Waals surface area (Å²) in [5.41, 5.74) is 3.52. The van der Waals surface area contributed by atoms with Crippen LogP contribution in [0.15, 0.2) is 42.7 Å². The third-order valence-electron chi connectivity index (χ3n) is 5.85. The van der Waals surface area contributed by atoms with Crippen LogP contribution in [0.5, 0.6) is 6.01 Å². The molecule has 0 aromatic carbocycles. The molecule has 1 unspecified atom stereocenters. The predicted octanol–water partition coefficient (Wildman–Crippen LogP) is 1.60. The lowest BCUT2D eigenvalue weighted by Crippen LogP contribution is -2.48. The fourth-order valence-corrected chi connectivity index (χ4v) is 4.21. The molecule has 5 heterocycles. The van der Waals surface area contributed by atoms with Crippen LogP contribution in [0, 0.1) is 6.92 Å². The van der Waals surface area contributed by atoms with Gasteiger partial charge in [-0.1, -0.05) is 0 Å². The van der Waals surface area contributed by atoms with Gasteiger partial charge in [0.2, 0.25) is 0 Å². The molecule has 176 valence electrons. The summed E-state index contributed by atoms with van der Waals surface area (Å²) < 4.78 is 5.28. The third kappa shape index (κ3) is 4.35. The molecule has 0 spiro atoms. The van der Waals surface area contributed by atoms with E-state index in [0.717, 1.165) is 42.1 Å². The van der Waals surface area contributed by atoms with Crippen LogP contribution in [0.25, 0.3) is 11.3 Å². The summed E-state index contributed by atoms with van der Waals surface area (Å²) in [6.07, 6.45) is 3.00. The molecule has 0 radical (unpaired) electrons. The number of hydrogen-bond donors (Lipinski definition) is 3. The highest BCUT2D eigenvalue weighted by Crippen LogP contribution is 2.40. The van der Waals surface area contributed by atoms with Crippen molar-refractivity contribution in [3.63, 3.8) is 0 Å². The molecular formula is C23H25N7O4. The van der Waals surface area contributed by atoms with Crippen LogP contribution in [0.1, 0.15) is 12.1 Å². The van der Waals surface area contributed by atoms with Crippen LogP contribution in [0.3, 0.4) is 0 Å². The summed E-state index contributed by atoms with van der Waals surface area (Å²) in [4.78, 5) is 34.7. The molecule has 1 saturated heterocycles. The normalized spacial score (nSPS) is 17.3. The van der Waals surface area contributed by atoms with Crippen molar-refractivity contribution >= 4 is 23.4 Å². The fourth-order valence-electron chi connectivity index (χ4n) is 4.21. The number of aliphatic hydroxyl groups excluding tert-OH is 2. The van der Waals surface area contributed by atoms with Crippen molar-refractivity contribution in [2.24, 2.45) is 0 Å². The zero-order valence-electron chi connectivity index (χ0n) is 18.6. The van der Waals surface area contributed by atoms with Crippen LogP contribution >= 0.6 is 0 Å². The number of fused-ring (bicyclic) bond motifs is 4. The topological polar surface area (TPSA) is 137 Å². The second kappa shape index (κ2) is 9.20. The van der Waals surface area contributed by atoms with E-state index < -0.39 is 12.7 Å². The summed E-state index contributed by atoms with van der Waals surface area (Å²) in [6, 6.07) is 9.05. The maximum absolute atomic E-state index is 13.4. The van der Waals surface area contributed by atoms with Crippen LogP contribution < -0.4 is 19.9 Å². The van der Waals surface area contributed by atoms with E-state index in [4.69, 9.17) is 14.8 Å². The fraction of sp³-hybridized carbons (Fsp3) is 0.348. The van der Waals surface area contributed by atoms with Crippen LogP contribution in [0.2, 0.25) is 0 Å². The predicted molar refractivity (Wildman–Crippen MR) is 125 cm³/mol. The van der Waals surface area contributed by atoms with Gasteiger partial charge < -0.3 is 19.8 Å². The van der Waals surface area contributed by atoms with E-state index in [1.165, 1.54) is 6.20 Å². The van der Waals surface area contributed by atoms with Crippen molar-refractivity contribution in [2.45, 2.75) is 25.5 Å². The standard InChI is InChI=1S/C23H25N7O4/c1-14-10-15(4-7-24-14)18-2-3-19-21(26-18)30(16-6-9-29(19)11-16)23(33)28-20-5-8-25-22(27-20)34-13-17(32)12-31/h2-5,7-8,10,16-17,31-32H,6,9,11-13H2,1H3,(H,25,27,28,33)/t16-,17?/m0/s1. The number of aliphatic hydroxyl groups is 2. The first-order chi connectivity index (χ1) is 16.5. The van der Waals surface area contributed by atoms with Gasteiger partial charge >= 0.3 is 12.0 Å². The average molecular weight is 463 g/mol. The zero-order chi connectivity index (χ0) is 23.7. The van der Waals surface area contributed by atoms with Gasteiger partial charge in [0, 0.05) is 36.7 Å². The van der Waals surface area contributed by atoms with Gasteiger partial charge in [0.15, 0.2) is 5.82 Å². The number of aryl methyl sites for hydroxylation is 1. The van der Waals surface area contributed by atoms with Gasteiger partial charge in [-0.25, -0.2) is 14.8 Å². The Morgan fingerprint density at radius 2 is 2.09 bits per heavy atom. The number of carbonyl (C=O) groups is 1. The number of aromatic nitrogens is 4. The lowest BCUT2D eigenvalue weighted by molar-refractivity contribution is 0.0505. The molecule has 3 aromatic heterocycles. The Bertz CT molecular complexity index is 1210. The molecule has 2 aliphatic rings. The highest BCUT2D eigenvalue weighted by molar-refractivity contribution is 6.04. The van der Waals surface area contributed by atoms with Crippen molar-refractivity contribution in [2.75, 3.05) is 41.4 Å². The van der Waals surface area contributed by atoms with Crippen molar-refractivity contribution in [1.29, 1.82) is 0 Å². The molecule has 34 heavy (non-hydrogen) atoms. The molecule has 3 aromatic rings. The molecule has 2 amide bonds. The van der Waals surface area contributed by atoms with E-state index in [0.29, 0.717) is 5.82 Å². The quantitative estimate of drug-likeness (QED) is 0.498. The summed E-state index contributed by atoms with van der Waals surface area (Å²) >= 11 is 0. The number of nitrogens with one attached hydrogen (secondary N) is 1. The second-order valence-corrected chi connectivity index (χ2v) is 8.29. The van der Waals surface area contributed by atoms with Crippen LogP contribution in [-0.2, 0) is 0 Å². The Hall–Kier alpha value is -3.83. The molecule has 2 bridgehead atoms. The van der Waals surface area contributed by atoms with E-state index in [-0.39, 0.29) is 30.5 Å². The first kappa shape index (κ1) is 22.0. The summed E-state index contributed by atoms with van der Waals surface area (Å²) in [7, 11) is 0. The molecule has 2 atom stereocenters. The Balaban J connectivity index is 1.41. The average Bonchev–Trinajstić information content (AvgIpc) is 3.26. The van der Waals surface area contributed by atoms with Gasteiger partial charge in [-0.15, -0.1) is 0 Å². The Kier molecular flexibility index (Phi) is 5.95. The summed E-state index contributed by atoms with van der Waals surface area (Å²) in [5.74, 6) is 0.867. The van der Waals surface area contributed by atoms with Gasteiger partial charge in [-0.2, -0.15) is 4.98 Å². The van der Waals surface area contributed by atoms with Crippen molar-refractivity contribution < 1.29 is 19.7 Å². The highest BCUT2D eigenvalue weighted by Gasteiger charge is 2.40. The zero-order valence-corrected chi connectivity index (χ0v) is 18.6. The van der Waals surface area contributed by atoms with Gasteiger partial charge in [0.05, 0.1) is 24.0 Å². The lowest BCUT2D eigenvalue weighted by atomic mass is 10.1. The summed E-state index contributed by atoms with van der Waals surface area (Å²) in [5, 5.41) is 21.2. The molecule has 11 heteroatoms. The number of amides is 2. The molecular weight excluding hydrogens is 438 g/mol.